The number of thiophene rings is 1. The lowest BCUT2D eigenvalue weighted by molar-refractivity contribution is -0.125. The van der Waals surface area contributed by atoms with Crippen molar-refractivity contribution in [2.75, 3.05) is 19.0 Å². The van der Waals surface area contributed by atoms with Crippen LogP contribution in [0.1, 0.15) is 47.1 Å². The highest BCUT2D eigenvalue weighted by atomic mass is 32.1. The Morgan fingerprint density at radius 2 is 2.06 bits per heavy atom. The number of benzene rings is 1. The van der Waals surface area contributed by atoms with Gasteiger partial charge in [-0.15, -0.1) is 11.3 Å². The molecule has 1 saturated heterocycles. The average molecular weight is 479 g/mol. The van der Waals surface area contributed by atoms with Crippen LogP contribution in [-0.4, -0.2) is 35.3 Å². The molecule has 7 nitrogen and oxygen atoms in total. The summed E-state index contributed by atoms with van der Waals surface area (Å²) in [4.78, 5) is 46.1. The van der Waals surface area contributed by atoms with Gasteiger partial charge >= 0.3 is 0 Å². The van der Waals surface area contributed by atoms with Crippen LogP contribution in [0, 0.1) is 13.8 Å². The van der Waals surface area contributed by atoms with Gasteiger partial charge in [0.1, 0.15) is 17.6 Å². The second-order valence-electron chi connectivity index (χ2n) is 9.13. The van der Waals surface area contributed by atoms with E-state index in [9.17, 15) is 14.4 Å². The Bertz CT molecular complexity index is 1350. The van der Waals surface area contributed by atoms with Gasteiger partial charge in [0.25, 0.3) is 5.56 Å². The molecule has 0 aliphatic carbocycles. The van der Waals surface area contributed by atoms with Crippen molar-refractivity contribution in [2.45, 2.75) is 52.0 Å². The van der Waals surface area contributed by atoms with E-state index in [1.807, 2.05) is 26.2 Å². The molecule has 0 spiro atoms. The van der Waals surface area contributed by atoms with Gasteiger partial charge in [0.05, 0.1) is 10.9 Å². The molecular weight excluding hydrogens is 448 g/mol. The number of rotatable bonds is 7. The van der Waals surface area contributed by atoms with Crippen molar-refractivity contribution in [1.29, 1.82) is 0 Å². The SMILES string of the molecule is C=C1CCC(n2c(C)nc3c(CCC(=O)Cc4ccc(C)c(N(C)C)c4)scc3c2=O)C(=O)N1. The number of carbonyl (C=O) groups excluding carboxylic acids is 2. The second-order valence-corrected chi connectivity index (χ2v) is 10.1. The molecule has 34 heavy (non-hydrogen) atoms. The van der Waals surface area contributed by atoms with Gasteiger partial charge in [-0.25, -0.2) is 4.98 Å². The summed E-state index contributed by atoms with van der Waals surface area (Å²) < 4.78 is 1.49. The van der Waals surface area contributed by atoms with E-state index in [1.54, 1.807) is 12.3 Å². The number of piperidine rings is 1. The molecule has 0 saturated carbocycles. The Labute approximate surface area is 203 Å². The molecule has 1 fully saturated rings. The first-order valence-corrected chi connectivity index (χ1v) is 12.3. The highest BCUT2D eigenvalue weighted by Gasteiger charge is 2.29. The standard InChI is InChI=1S/C26H30N4O3S/c1-15-6-8-18(13-22(15)29(4)5)12-19(31)9-11-23-24-20(14-34-23)26(33)30(17(3)28-24)21-10-7-16(2)27-25(21)32/h6,8,13-14,21H,2,7,9-12H2,1,3-5H3,(H,27,32). The molecule has 178 valence electrons. The predicted octanol–water partition coefficient (Wildman–Crippen LogP) is 3.85. The summed E-state index contributed by atoms with van der Waals surface area (Å²) in [5, 5.41) is 5.04. The number of ketones is 1. The molecule has 0 bridgehead atoms. The number of hydrogen-bond donors (Lipinski definition) is 1. The Kier molecular flexibility index (Phi) is 6.70. The number of aryl methyl sites for hydroxylation is 3. The zero-order valence-corrected chi connectivity index (χ0v) is 20.9. The van der Waals surface area contributed by atoms with Crippen molar-refractivity contribution >= 4 is 39.6 Å². The van der Waals surface area contributed by atoms with Crippen LogP contribution in [0.4, 0.5) is 5.69 Å². The number of nitrogens with one attached hydrogen (secondary N) is 1. The van der Waals surface area contributed by atoms with Crippen LogP contribution in [0.5, 0.6) is 0 Å². The molecule has 3 aromatic rings. The summed E-state index contributed by atoms with van der Waals surface area (Å²) in [7, 11) is 3.99. The monoisotopic (exact) mass is 478 g/mol. The van der Waals surface area contributed by atoms with E-state index in [2.05, 4.69) is 34.8 Å². The van der Waals surface area contributed by atoms with E-state index in [0.717, 1.165) is 16.1 Å². The number of anilines is 1. The largest absolute Gasteiger partial charge is 0.377 e. The lowest BCUT2D eigenvalue weighted by Crippen LogP contribution is -2.41. The van der Waals surface area contributed by atoms with Gasteiger partial charge in [-0.2, -0.15) is 0 Å². The molecule has 1 aliphatic rings. The highest BCUT2D eigenvalue weighted by molar-refractivity contribution is 7.11. The quantitative estimate of drug-likeness (QED) is 0.558. The van der Waals surface area contributed by atoms with E-state index in [1.165, 1.54) is 21.5 Å². The first-order chi connectivity index (χ1) is 16.2. The van der Waals surface area contributed by atoms with Crippen molar-refractivity contribution in [3.8, 4) is 0 Å². The van der Waals surface area contributed by atoms with Crippen molar-refractivity contribution in [3.63, 3.8) is 0 Å². The first kappa shape index (κ1) is 23.9. The zero-order chi connectivity index (χ0) is 24.6. The number of hydrogen-bond acceptors (Lipinski definition) is 6. The number of amides is 1. The summed E-state index contributed by atoms with van der Waals surface area (Å²) >= 11 is 1.45. The van der Waals surface area contributed by atoms with Crippen LogP contribution < -0.4 is 15.8 Å². The fourth-order valence-corrected chi connectivity index (χ4v) is 5.49. The van der Waals surface area contributed by atoms with Gasteiger partial charge in [0, 0.05) is 48.6 Å². The number of Topliss-reactive ketones (excluding diaryl/α,β-unsaturated/α-hetero) is 1. The van der Waals surface area contributed by atoms with Gasteiger partial charge in [-0.05, 0) is 50.3 Å². The third-order valence-electron chi connectivity index (χ3n) is 6.33. The van der Waals surface area contributed by atoms with Gasteiger partial charge in [0.15, 0.2) is 0 Å². The molecule has 1 aromatic carbocycles. The number of carbonyl (C=O) groups is 2. The third kappa shape index (κ3) is 4.68. The lowest BCUT2D eigenvalue weighted by Gasteiger charge is -2.26. The topological polar surface area (TPSA) is 84.3 Å². The number of fused-ring (bicyclic) bond motifs is 1. The van der Waals surface area contributed by atoms with Crippen LogP contribution >= 0.6 is 11.3 Å². The van der Waals surface area contributed by atoms with Crippen LogP contribution in [0.25, 0.3) is 10.9 Å². The van der Waals surface area contributed by atoms with Gasteiger partial charge in [-0.1, -0.05) is 18.7 Å². The van der Waals surface area contributed by atoms with E-state index in [-0.39, 0.29) is 17.2 Å². The van der Waals surface area contributed by atoms with Crippen LogP contribution in [0.15, 0.2) is 40.6 Å². The van der Waals surface area contributed by atoms with E-state index in [0.29, 0.717) is 54.5 Å². The summed E-state index contributed by atoms with van der Waals surface area (Å²) in [6.07, 6.45) is 2.47. The second kappa shape index (κ2) is 9.54. The maximum absolute atomic E-state index is 13.2. The number of allylic oxidation sites excluding steroid dienone is 1. The minimum atomic E-state index is -0.582. The Hall–Kier alpha value is -3.26. The smallest absolute Gasteiger partial charge is 0.262 e. The summed E-state index contributed by atoms with van der Waals surface area (Å²) in [5.74, 6) is 0.434. The maximum atomic E-state index is 13.2. The third-order valence-corrected chi connectivity index (χ3v) is 7.37. The normalized spacial score (nSPS) is 16.1. The highest BCUT2D eigenvalue weighted by Crippen LogP contribution is 2.27. The first-order valence-electron chi connectivity index (χ1n) is 11.4. The molecule has 8 heteroatoms. The molecule has 1 aliphatic heterocycles. The van der Waals surface area contributed by atoms with Crippen LogP contribution in [0.3, 0.4) is 0 Å². The van der Waals surface area contributed by atoms with Gasteiger partial charge < -0.3 is 10.2 Å². The fraction of sp³-hybridized carbons (Fsp3) is 0.385. The Morgan fingerprint density at radius 3 is 2.76 bits per heavy atom. The molecule has 2 aromatic heterocycles. The van der Waals surface area contributed by atoms with Gasteiger partial charge in [0.2, 0.25) is 5.91 Å². The molecule has 0 radical (unpaired) electrons. The lowest BCUT2D eigenvalue weighted by atomic mass is 10.0. The Morgan fingerprint density at radius 1 is 1.29 bits per heavy atom. The van der Waals surface area contributed by atoms with Crippen LogP contribution in [-0.2, 0) is 22.4 Å². The maximum Gasteiger partial charge on any atom is 0.262 e. The van der Waals surface area contributed by atoms with Crippen molar-refractivity contribution in [2.24, 2.45) is 0 Å². The molecular formula is C26H30N4O3S. The van der Waals surface area contributed by atoms with E-state index < -0.39 is 6.04 Å². The molecule has 3 heterocycles. The average Bonchev–Trinajstić information content (AvgIpc) is 3.17. The summed E-state index contributed by atoms with van der Waals surface area (Å²) in [6.45, 7) is 7.62. The molecule has 4 rings (SSSR count). The molecule has 1 amide bonds. The number of nitrogens with zero attached hydrogens (tertiary/aromatic N) is 3. The Balaban J connectivity index is 1.51. The molecule has 1 unspecified atom stereocenters. The summed E-state index contributed by atoms with van der Waals surface area (Å²) in [5.41, 5.74) is 4.39. The van der Waals surface area contributed by atoms with Crippen molar-refractivity contribution < 1.29 is 9.59 Å². The molecule has 1 N–H and O–H groups in total. The summed E-state index contributed by atoms with van der Waals surface area (Å²) in [6, 6.07) is 5.54. The zero-order valence-electron chi connectivity index (χ0n) is 20.1. The fourth-order valence-electron chi connectivity index (χ4n) is 4.53. The van der Waals surface area contributed by atoms with E-state index in [4.69, 9.17) is 0 Å². The van der Waals surface area contributed by atoms with E-state index >= 15 is 0 Å². The predicted molar refractivity (Wildman–Crippen MR) is 137 cm³/mol. The van der Waals surface area contributed by atoms with Gasteiger partial charge in [-0.3, -0.25) is 19.0 Å². The van der Waals surface area contributed by atoms with Crippen LogP contribution in [0.2, 0.25) is 0 Å². The molecule has 1 atom stereocenters. The van der Waals surface area contributed by atoms with Crippen molar-refractivity contribution in [3.05, 3.63) is 68.0 Å². The number of aromatic nitrogens is 2. The van der Waals surface area contributed by atoms with Crippen molar-refractivity contribution in [1.82, 2.24) is 14.9 Å². The minimum Gasteiger partial charge on any atom is -0.377 e. The minimum absolute atomic E-state index is 0.152.